The Labute approximate surface area is 116 Å². The van der Waals surface area contributed by atoms with Crippen LogP contribution in [0.3, 0.4) is 0 Å². The van der Waals surface area contributed by atoms with E-state index in [4.69, 9.17) is 5.73 Å². The maximum atomic E-state index is 6.14. The Morgan fingerprint density at radius 3 is 2.47 bits per heavy atom. The first-order chi connectivity index (χ1) is 9.20. The summed E-state index contributed by atoms with van der Waals surface area (Å²) < 4.78 is 0. The molecule has 0 bridgehead atoms. The molecule has 4 nitrogen and oxygen atoms in total. The number of hydrogen-bond donors (Lipinski definition) is 1. The van der Waals surface area contributed by atoms with Gasteiger partial charge in [0.05, 0.1) is 0 Å². The third-order valence-electron chi connectivity index (χ3n) is 4.47. The van der Waals surface area contributed by atoms with Gasteiger partial charge in [-0.1, -0.05) is 6.92 Å². The average Bonchev–Trinajstić information content (AvgIpc) is 2.47. The van der Waals surface area contributed by atoms with Crippen molar-refractivity contribution in [3.8, 4) is 0 Å². The minimum Gasteiger partial charge on any atom is -0.329 e. The molecule has 0 radical (unpaired) electrons. The second kappa shape index (κ2) is 6.46. The second-order valence-corrected chi connectivity index (χ2v) is 5.60. The summed E-state index contributed by atoms with van der Waals surface area (Å²) in [5.74, 6) is 0. The van der Waals surface area contributed by atoms with Crippen molar-refractivity contribution >= 4 is 0 Å². The Hall–Kier alpha value is -0.970. The highest BCUT2D eigenvalue weighted by atomic mass is 15.2. The lowest BCUT2D eigenvalue weighted by molar-refractivity contribution is 0.0315. The number of rotatable bonds is 5. The standard InChI is InChI=1S/C15H26N4/c1-3-19(12-14-4-8-17-9-5-14)15(13-16)6-10-18(2)11-7-15/h4-5,8-9H,3,6-7,10-13,16H2,1-2H3. The molecule has 1 aromatic rings. The van der Waals surface area contributed by atoms with Crippen molar-refractivity contribution in [1.82, 2.24) is 14.8 Å². The van der Waals surface area contributed by atoms with Crippen LogP contribution in [0.15, 0.2) is 24.5 Å². The molecule has 0 atom stereocenters. The third kappa shape index (κ3) is 3.32. The summed E-state index contributed by atoms with van der Waals surface area (Å²) in [6.07, 6.45) is 6.07. The highest BCUT2D eigenvalue weighted by Crippen LogP contribution is 2.28. The molecule has 0 saturated carbocycles. The monoisotopic (exact) mass is 262 g/mol. The summed E-state index contributed by atoms with van der Waals surface area (Å²) in [5, 5.41) is 0. The smallest absolute Gasteiger partial charge is 0.0359 e. The number of piperidine rings is 1. The molecule has 2 rings (SSSR count). The summed E-state index contributed by atoms with van der Waals surface area (Å²) >= 11 is 0. The fourth-order valence-corrected chi connectivity index (χ4v) is 3.01. The number of nitrogens with two attached hydrogens (primary N) is 1. The van der Waals surface area contributed by atoms with E-state index in [-0.39, 0.29) is 5.54 Å². The van der Waals surface area contributed by atoms with Crippen LogP contribution in [0.1, 0.15) is 25.3 Å². The number of aromatic nitrogens is 1. The van der Waals surface area contributed by atoms with E-state index < -0.39 is 0 Å². The summed E-state index contributed by atoms with van der Waals surface area (Å²) in [7, 11) is 2.19. The van der Waals surface area contributed by atoms with E-state index >= 15 is 0 Å². The highest BCUT2D eigenvalue weighted by molar-refractivity contribution is 5.11. The second-order valence-electron chi connectivity index (χ2n) is 5.60. The Morgan fingerprint density at radius 2 is 1.95 bits per heavy atom. The SMILES string of the molecule is CCN(Cc1ccncc1)C1(CN)CCN(C)CC1. The predicted molar refractivity (Wildman–Crippen MR) is 78.8 cm³/mol. The van der Waals surface area contributed by atoms with E-state index in [1.54, 1.807) is 0 Å². The number of likely N-dealkylation sites (N-methyl/N-ethyl adjacent to an activating group) is 1. The molecule has 0 unspecified atom stereocenters. The van der Waals surface area contributed by atoms with Crippen molar-refractivity contribution < 1.29 is 0 Å². The van der Waals surface area contributed by atoms with Crippen molar-refractivity contribution in [3.05, 3.63) is 30.1 Å². The number of pyridine rings is 1. The zero-order chi connectivity index (χ0) is 13.7. The van der Waals surface area contributed by atoms with Gasteiger partial charge in [-0.15, -0.1) is 0 Å². The average molecular weight is 262 g/mol. The van der Waals surface area contributed by atoms with Crippen molar-refractivity contribution in [2.45, 2.75) is 31.8 Å². The van der Waals surface area contributed by atoms with Crippen molar-refractivity contribution in [3.63, 3.8) is 0 Å². The highest BCUT2D eigenvalue weighted by Gasteiger charge is 2.37. The van der Waals surface area contributed by atoms with Gasteiger partial charge in [-0.25, -0.2) is 0 Å². The van der Waals surface area contributed by atoms with Crippen molar-refractivity contribution in [2.24, 2.45) is 5.73 Å². The van der Waals surface area contributed by atoms with E-state index in [0.29, 0.717) is 0 Å². The molecule has 1 aliphatic rings. The Balaban J connectivity index is 2.10. The molecule has 1 saturated heterocycles. The van der Waals surface area contributed by atoms with Crippen LogP contribution in [-0.4, -0.2) is 53.5 Å². The first-order valence-corrected chi connectivity index (χ1v) is 7.23. The van der Waals surface area contributed by atoms with Crippen LogP contribution < -0.4 is 5.73 Å². The number of hydrogen-bond acceptors (Lipinski definition) is 4. The van der Waals surface area contributed by atoms with E-state index in [1.807, 2.05) is 12.4 Å². The zero-order valence-electron chi connectivity index (χ0n) is 12.2. The van der Waals surface area contributed by atoms with Gasteiger partial charge in [0.1, 0.15) is 0 Å². The molecule has 2 heterocycles. The summed E-state index contributed by atoms with van der Waals surface area (Å²) in [5.41, 5.74) is 7.64. The lowest BCUT2D eigenvalue weighted by atomic mass is 9.85. The first kappa shape index (κ1) is 14.4. The fraction of sp³-hybridized carbons (Fsp3) is 0.667. The van der Waals surface area contributed by atoms with Crippen LogP contribution in [0.2, 0.25) is 0 Å². The van der Waals surface area contributed by atoms with E-state index in [9.17, 15) is 0 Å². The van der Waals surface area contributed by atoms with Gasteiger partial charge in [0.15, 0.2) is 0 Å². The molecule has 1 aliphatic heterocycles. The molecule has 0 aliphatic carbocycles. The molecular weight excluding hydrogens is 236 g/mol. The lowest BCUT2D eigenvalue weighted by Crippen LogP contribution is -2.58. The normalized spacial score (nSPS) is 19.8. The molecule has 0 amide bonds. The van der Waals surface area contributed by atoms with Gasteiger partial charge in [-0.2, -0.15) is 0 Å². The Kier molecular flexibility index (Phi) is 4.91. The van der Waals surface area contributed by atoms with Gasteiger partial charge < -0.3 is 10.6 Å². The fourth-order valence-electron chi connectivity index (χ4n) is 3.01. The van der Waals surface area contributed by atoms with Gasteiger partial charge in [-0.05, 0) is 57.2 Å². The molecule has 19 heavy (non-hydrogen) atoms. The molecule has 0 aromatic carbocycles. The zero-order valence-corrected chi connectivity index (χ0v) is 12.2. The molecule has 106 valence electrons. The molecule has 2 N–H and O–H groups in total. The topological polar surface area (TPSA) is 45.4 Å². The molecule has 0 spiro atoms. The summed E-state index contributed by atoms with van der Waals surface area (Å²) in [4.78, 5) is 9.04. The van der Waals surface area contributed by atoms with Crippen molar-refractivity contribution in [1.29, 1.82) is 0 Å². The van der Waals surface area contributed by atoms with Gasteiger partial charge in [0.2, 0.25) is 0 Å². The van der Waals surface area contributed by atoms with E-state index in [1.165, 1.54) is 18.4 Å². The largest absolute Gasteiger partial charge is 0.329 e. The van der Waals surface area contributed by atoms with Crippen LogP contribution >= 0.6 is 0 Å². The van der Waals surface area contributed by atoms with E-state index in [0.717, 1.165) is 32.7 Å². The lowest BCUT2D eigenvalue weighted by Gasteiger charge is -2.47. The molecule has 4 heteroatoms. The minimum atomic E-state index is 0.171. The minimum absolute atomic E-state index is 0.171. The number of nitrogens with zero attached hydrogens (tertiary/aromatic N) is 3. The predicted octanol–water partition coefficient (Wildman–Crippen LogP) is 1.33. The summed E-state index contributed by atoms with van der Waals surface area (Å²) in [6, 6.07) is 4.20. The van der Waals surface area contributed by atoms with E-state index in [2.05, 4.69) is 40.9 Å². The quantitative estimate of drug-likeness (QED) is 0.869. The molecule has 1 fully saturated rings. The van der Waals surface area contributed by atoms with Crippen LogP contribution in [0, 0.1) is 0 Å². The Morgan fingerprint density at radius 1 is 1.32 bits per heavy atom. The maximum absolute atomic E-state index is 6.14. The van der Waals surface area contributed by atoms with Gasteiger partial charge in [0, 0.05) is 31.0 Å². The first-order valence-electron chi connectivity index (χ1n) is 7.23. The number of likely N-dealkylation sites (tertiary alicyclic amines) is 1. The molecule has 1 aromatic heterocycles. The van der Waals surface area contributed by atoms with Crippen LogP contribution in [0.4, 0.5) is 0 Å². The maximum Gasteiger partial charge on any atom is 0.0359 e. The molecular formula is C15H26N4. The van der Waals surface area contributed by atoms with Crippen LogP contribution in [-0.2, 0) is 6.54 Å². The third-order valence-corrected chi connectivity index (χ3v) is 4.47. The summed E-state index contributed by atoms with van der Waals surface area (Å²) in [6.45, 7) is 7.29. The van der Waals surface area contributed by atoms with Crippen LogP contribution in [0.5, 0.6) is 0 Å². The van der Waals surface area contributed by atoms with Crippen molar-refractivity contribution in [2.75, 3.05) is 33.2 Å². The Bertz CT molecular complexity index is 371. The van der Waals surface area contributed by atoms with Gasteiger partial charge >= 0.3 is 0 Å². The van der Waals surface area contributed by atoms with Gasteiger partial charge in [-0.3, -0.25) is 9.88 Å². The van der Waals surface area contributed by atoms with Crippen LogP contribution in [0.25, 0.3) is 0 Å². The van der Waals surface area contributed by atoms with Gasteiger partial charge in [0.25, 0.3) is 0 Å².